The van der Waals surface area contributed by atoms with Crippen molar-refractivity contribution in [3.8, 4) is 5.75 Å². The van der Waals surface area contributed by atoms with E-state index in [1.54, 1.807) is 0 Å². The van der Waals surface area contributed by atoms with Crippen molar-refractivity contribution >= 4 is 15.9 Å². The molecule has 0 bridgehead atoms. The smallest absolute Gasteiger partial charge is 0.125 e. The van der Waals surface area contributed by atoms with Gasteiger partial charge in [0, 0.05) is 17.3 Å². The van der Waals surface area contributed by atoms with Crippen LogP contribution >= 0.6 is 15.9 Å². The van der Waals surface area contributed by atoms with E-state index in [0.29, 0.717) is 5.92 Å². The second-order valence-electron chi connectivity index (χ2n) is 5.73. The summed E-state index contributed by atoms with van der Waals surface area (Å²) in [7, 11) is 0. The lowest BCUT2D eigenvalue weighted by molar-refractivity contribution is 0.00910. The first-order valence-corrected chi connectivity index (χ1v) is 7.54. The van der Waals surface area contributed by atoms with Crippen LogP contribution in [0.5, 0.6) is 5.75 Å². The zero-order valence-electron chi connectivity index (χ0n) is 10.7. The maximum atomic E-state index is 10.8. The van der Waals surface area contributed by atoms with Gasteiger partial charge >= 0.3 is 0 Å². The van der Waals surface area contributed by atoms with E-state index in [4.69, 9.17) is 4.74 Å². The monoisotopic (exact) mass is 310 g/mol. The highest BCUT2D eigenvalue weighted by molar-refractivity contribution is 9.10. The van der Waals surface area contributed by atoms with E-state index in [-0.39, 0.29) is 0 Å². The molecular weight excluding hydrogens is 292 g/mol. The first kappa shape index (κ1) is 12.5. The lowest BCUT2D eigenvalue weighted by Gasteiger charge is -2.28. The van der Waals surface area contributed by atoms with Gasteiger partial charge in [-0.25, -0.2) is 0 Å². The van der Waals surface area contributed by atoms with Crippen LogP contribution in [-0.2, 0) is 12.8 Å². The number of hydrogen-bond acceptors (Lipinski definition) is 2. The molecule has 1 heterocycles. The highest BCUT2D eigenvalue weighted by Crippen LogP contribution is 2.41. The van der Waals surface area contributed by atoms with Crippen LogP contribution in [0.2, 0.25) is 0 Å². The van der Waals surface area contributed by atoms with Gasteiger partial charge in [-0.2, -0.15) is 0 Å². The van der Waals surface area contributed by atoms with Gasteiger partial charge in [-0.1, -0.05) is 29.3 Å². The number of hydrogen-bond donors (Lipinski definition) is 1. The number of fused-ring (bicyclic) bond motifs is 1. The Morgan fingerprint density at radius 2 is 2.33 bits per heavy atom. The van der Waals surface area contributed by atoms with Crippen LogP contribution in [0, 0.1) is 5.92 Å². The van der Waals surface area contributed by atoms with Gasteiger partial charge in [0.15, 0.2) is 0 Å². The fourth-order valence-electron chi connectivity index (χ4n) is 3.30. The normalized spacial score (nSPS) is 30.3. The summed E-state index contributed by atoms with van der Waals surface area (Å²) in [6.07, 6.45) is 4.88. The summed E-state index contributed by atoms with van der Waals surface area (Å²) in [6.45, 7) is 2.93. The minimum absolute atomic E-state index is 0.383. The van der Waals surface area contributed by atoms with Crippen molar-refractivity contribution in [2.45, 2.75) is 44.6 Å². The van der Waals surface area contributed by atoms with Gasteiger partial charge in [-0.15, -0.1) is 0 Å². The minimum Gasteiger partial charge on any atom is -0.493 e. The second-order valence-corrected chi connectivity index (χ2v) is 6.64. The number of halogens is 1. The molecule has 1 aliphatic carbocycles. The summed E-state index contributed by atoms with van der Waals surface area (Å²) in [5.74, 6) is 1.40. The molecule has 0 aromatic heterocycles. The lowest BCUT2D eigenvalue weighted by atomic mass is 9.85. The van der Waals surface area contributed by atoms with E-state index in [0.717, 1.165) is 54.5 Å². The largest absolute Gasteiger partial charge is 0.493 e. The molecule has 0 saturated heterocycles. The molecule has 3 rings (SSSR count). The highest BCUT2D eigenvalue weighted by Gasteiger charge is 2.39. The van der Waals surface area contributed by atoms with E-state index >= 15 is 0 Å². The maximum Gasteiger partial charge on any atom is 0.125 e. The van der Waals surface area contributed by atoms with Crippen molar-refractivity contribution in [3.63, 3.8) is 0 Å². The van der Waals surface area contributed by atoms with Crippen LogP contribution in [0.3, 0.4) is 0 Å². The average molecular weight is 311 g/mol. The van der Waals surface area contributed by atoms with Gasteiger partial charge in [0.1, 0.15) is 5.75 Å². The summed E-state index contributed by atoms with van der Waals surface area (Å²) in [6, 6.07) is 4.24. The molecule has 2 unspecified atom stereocenters. The standard InChI is InChI=1S/C15H19BrO2/c1-10-3-2-5-15(10,17)9-12-8-13(16)7-11-4-6-18-14(11)12/h7-8,10,17H,2-6,9H2,1H3. The maximum absolute atomic E-state index is 10.8. The highest BCUT2D eigenvalue weighted by atomic mass is 79.9. The molecule has 1 N–H and O–H groups in total. The van der Waals surface area contributed by atoms with E-state index in [9.17, 15) is 5.11 Å². The van der Waals surface area contributed by atoms with Gasteiger partial charge in [0.25, 0.3) is 0 Å². The zero-order chi connectivity index (χ0) is 12.8. The van der Waals surface area contributed by atoms with E-state index in [1.807, 2.05) is 0 Å². The van der Waals surface area contributed by atoms with Crippen LogP contribution in [-0.4, -0.2) is 17.3 Å². The lowest BCUT2D eigenvalue weighted by Crippen LogP contribution is -2.34. The van der Waals surface area contributed by atoms with Gasteiger partial charge in [0.05, 0.1) is 12.2 Å². The molecule has 2 aliphatic rings. The molecule has 0 amide bonds. The van der Waals surface area contributed by atoms with Crippen molar-refractivity contribution < 1.29 is 9.84 Å². The molecule has 98 valence electrons. The Bertz CT molecular complexity index is 472. The predicted molar refractivity (Wildman–Crippen MR) is 75.0 cm³/mol. The molecule has 1 aliphatic heterocycles. The third-order valence-electron chi connectivity index (χ3n) is 4.49. The van der Waals surface area contributed by atoms with Crippen LogP contribution < -0.4 is 4.74 Å². The number of ether oxygens (including phenoxy) is 1. The fourth-order valence-corrected chi connectivity index (χ4v) is 3.85. The Hall–Kier alpha value is -0.540. The van der Waals surface area contributed by atoms with Crippen LogP contribution in [0.15, 0.2) is 16.6 Å². The zero-order valence-corrected chi connectivity index (χ0v) is 12.3. The summed E-state index contributed by atoms with van der Waals surface area (Å²) in [5, 5.41) is 10.8. The van der Waals surface area contributed by atoms with Gasteiger partial charge in [-0.05, 0) is 42.0 Å². The molecule has 18 heavy (non-hydrogen) atoms. The molecule has 0 spiro atoms. The molecule has 1 aromatic carbocycles. The summed E-state index contributed by atoms with van der Waals surface area (Å²) in [4.78, 5) is 0. The van der Waals surface area contributed by atoms with Crippen LogP contribution in [0.25, 0.3) is 0 Å². The molecule has 2 atom stereocenters. The van der Waals surface area contributed by atoms with Crippen molar-refractivity contribution in [3.05, 3.63) is 27.7 Å². The van der Waals surface area contributed by atoms with Crippen molar-refractivity contribution in [1.29, 1.82) is 0 Å². The second kappa shape index (κ2) is 4.53. The molecule has 1 fully saturated rings. The van der Waals surface area contributed by atoms with Gasteiger partial charge in [0.2, 0.25) is 0 Å². The molecular formula is C15H19BrO2. The molecule has 3 heteroatoms. The third kappa shape index (κ3) is 2.08. The predicted octanol–water partition coefficient (Wildman–Crippen LogP) is 3.48. The first-order chi connectivity index (χ1) is 8.58. The first-order valence-electron chi connectivity index (χ1n) is 6.75. The topological polar surface area (TPSA) is 29.5 Å². The average Bonchev–Trinajstić information content (AvgIpc) is 2.87. The van der Waals surface area contributed by atoms with Crippen molar-refractivity contribution in [2.75, 3.05) is 6.61 Å². The fraction of sp³-hybridized carbons (Fsp3) is 0.600. The number of benzene rings is 1. The number of rotatable bonds is 2. The molecule has 0 radical (unpaired) electrons. The van der Waals surface area contributed by atoms with E-state index in [1.165, 1.54) is 5.56 Å². The van der Waals surface area contributed by atoms with Crippen molar-refractivity contribution in [2.24, 2.45) is 5.92 Å². The van der Waals surface area contributed by atoms with Gasteiger partial charge < -0.3 is 9.84 Å². The Labute approximate surface area is 116 Å². The Balaban J connectivity index is 1.93. The number of aliphatic hydroxyl groups is 1. The van der Waals surface area contributed by atoms with Crippen LogP contribution in [0.4, 0.5) is 0 Å². The molecule has 1 aromatic rings. The summed E-state index contributed by atoms with van der Waals surface area (Å²) in [5.41, 5.74) is 1.89. The van der Waals surface area contributed by atoms with E-state index in [2.05, 4.69) is 35.0 Å². The molecule has 1 saturated carbocycles. The SMILES string of the molecule is CC1CCCC1(O)Cc1cc(Br)cc2c1OCC2. The van der Waals surface area contributed by atoms with Gasteiger partial charge in [-0.3, -0.25) is 0 Å². The van der Waals surface area contributed by atoms with Crippen molar-refractivity contribution in [1.82, 2.24) is 0 Å². The Morgan fingerprint density at radius 3 is 3.06 bits per heavy atom. The Morgan fingerprint density at radius 1 is 1.50 bits per heavy atom. The summed E-state index contributed by atoms with van der Waals surface area (Å²) >= 11 is 3.56. The third-order valence-corrected chi connectivity index (χ3v) is 4.94. The van der Waals surface area contributed by atoms with Crippen LogP contribution in [0.1, 0.15) is 37.3 Å². The quantitative estimate of drug-likeness (QED) is 0.906. The Kier molecular flexibility index (Phi) is 3.15. The van der Waals surface area contributed by atoms with E-state index < -0.39 is 5.60 Å². The summed E-state index contributed by atoms with van der Waals surface area (Å²) < 4.78 is 6.84. The minimum atomic E-state index is -0.541. The molecule has 2 nitrogen and oxygen atoms in total.